The summed E-state index contributed by atoms with van der Waals surface area (Å²) in [5.41, 5.74) is 9.08. The number of Topliss-reactive ketones (excluding diaryl/α,β-unsaturated/α-hetero) is 2. The standard InChI is InChI=1S/C22H25NO3.C21H25FN2O3.2C21H26N2O3.C21H24N2O3/c1-15-2-8-20(9-3-15)26-21-10-17-12-23(13-18(17)11-21)14-22(25)16-4-6-19(24)7-5-16;1-13-4-16(22)8-18(5-13)27-19-6-14-10-24(11-15(14)7-19)12-21(26)20-3-2-17(25)9-23-20;3*1-14-6-20(10-22-9-14)26-19-7-16-11-23(12-17(16)8-19)13-21(25)15-2-4-18(24)5-3-15/h2-9,17-18,21,24H,10-14H2,1H3;2-5,8-9,14-15,19,21,25-26H,6-7,10-12H2,1H3;2*2-6,9-10,16-17,19,21,24-25H,7-8,11-13H2,1H3;2-6,9-10,16-17,19,24H,7-8,11-13H2,1H3/t17-,18+,21?;14-,15+,19?,21?;2*16-,17+,19?,21?;16-,17+,19?. The van der Waals surface area contributed by atoms with Crippen LogP contribution in [0.1, 0.15) is 148 Å². The third kappa shape index (κ3) is 25.8. The number of ether oxygens (including phenoxy) is 5. The molecule has 9 heterocycles. The van der Waals surface area contributed by atoms with Crippen molar-refractivity contribution in [3.8, 4) is 57.5 Å². The molecule has 25 heteroatoms. The normalized spacial score (nSPS) is 25.9. The SMILES string of the molecule is Cc1cc(F)cc(OC2C[C@@H]3CN(CC(O)c4ccc(O)cn4)C[C@@H]3C2)c1.Cc1ccc(OC2C[C@@H]3CN(CC(=O)c4ccc(O)cc4)C[C@@H]3C2)cc1.Cc1cncc(OC2C[C@@H]3CN(CC(=O)c4ccc(O)cc4)C[C@@H]3C2)c1.Cc1cncc(OC2C[C@@H]3CN(CC(O)c4ccc(O)cc4)C[C@@H]3C2)c1.Cc1cncc(OC2C[C@@H]3CN(CC(O)c4ccc(O)cc4)C[C@@H]3C2)c1. The number of hydrogen-bond acceptors (Lipinski definition) is 24. The van der Waals surface area contributed by atoms with Crippen molar-refractivity contribution in [3.63, 3.8) is 0 Å². The zero-order valence-corrected chi connectivity index (χ0v) is 75.6. The van der Waals surface area contributed by atoms with Gasteiger partial charge < -0.3 is 64.5 Å². The molecule has 0 bridgehead atoms. The third-order valence-corrected chi connectivity index (χ3v) is 28.1. The number of fused-ring (bicyclic) bond motifs is 5. The Morgan fingerprint density at radius 2 is 0.603 bits per heavy atom. The number of aryl methyl sites for hydroxylation is 5. The van der Waals surface area contributed by atoms with Crippen LogP contribution in [0.15, 0.2) is 213 Å². The summed E-state index contributed by atoms with van der Waals surface area (Å²) < 4.78 is 44.1. The largest absolute Gasteiger partial charge is 0.508 e. The first-order valence-corrected chi connectivity index (χ1v) is 46.7. The Labute approximate surface area is 767 Å². The van der Waals surface area contributed by atoms with Crippen LogP contribution in [-0.4, -0.2) is 226 Å². The van der Waals surface area contributed by atoms with Gasteiger partial charge in [-0.2, -0.15) is 0 Å². The van der Waals surface area contributed by atoms with E-state index in [2.05, 4.69) is 63.5 Å². The number of rotatable bonds is 25. The number of aliphatic hydroxyl groups is 3. The van der Waals surface area contributed by atoms with Gasteiger partial charge in [-0.15, -0.1) is 0 Å². The van der Waals surface area contributed by atoms with E-state index < -0.39 is 18.3 Å². The highest BCUT2D eigenvalue weighted by Gasteiger charge is 2.47. The van der Waals surface area contributed by atoms with Crippen LogP contribution >= 0.6 is 0 Å². The van der Waals surface area contributed by atoms with Crippen LogP contribution in [0.25, 0.3) is 0 Å². The van der Waals surface area contributed by atoms with E-state index in [0.717, 1.165) is 186 Å². The van der Waals surface area contributed by atoms with Crippen LogP contribution in [0.4, 0.5) is 4.39 Å². The van der Waals surface area contributed by atoms with Crippen LogP contribution in [0.3, 0.4) is 0 Å². The van der Waals surface area contributed by atoms with Gasteiger partial charge in [-0.05, 0) is 319 Å². The number of benzene rings is 6. The zero-order chi connectivity index (χ0) is 91.3. The molecule has 0 radical (unpaired) electrons. The molecule has 8 unspecified atom stereocenters. The van der Waals surface area contributed by atoms with Gasteiger partial charge in [0.25, 0.3) is 0 Å². The Hall–Kier alpha value is -11.1. The van der Waals surface area contributed by atoms with Gasteiger partial charge in [-0.1, -0.05) is 42.0 Å². The molecule has 5 aliphatic carbocycles. The predicted molar refractivity (Wildman–Crippen MR) is 496 cm³/mol. The van der Waals surface area contributed by atoms with Crippen molar-refractivity contribution >= 4 is 11.6 Å². The topological polar surface area (TPSA) is 310 Å². The van der Waals surface area contributed by atoms with Crippen molar-refractivity contribution in [2.24, 2.45) is 59.2 Å². The van der Waals surface area contributed by atoms with Crippen LogP contribution in [0.2, 0.25) is 0 Å². The number of phenolic OH excluding ortho intramolecular Hbond substituents is 4. The van der Waals surface area contributed by atoms with Gasteiger partial charge in [0.05, 0.1) is 86.3 Å². The summed E-state index contributed by atoms with van der Waals surface area (Å²) in [6, 6.07) is 49.1. The van der Waals surface area contributed by atoms with E-state index in [9.17, 15) is 54.8 Å². The van der Waals surface area contributed by atoms with Gasteiger partial charge in [0, 0.05) is 121 Å². The Morgan fingerprint density at radius 3 is 0.916 bits per heavy atom. The minimum absolute atomic E-state index is 0.0983. The smallest absolute Gasteiger partial charge is 0.176 e. The molecular formula is C106H126FN9O15. The fourth-order valence-electron chi connectivity index (χ4n) is 21.9. The highest BCUT2D eigenvalue weighted by molar-refractivity contribution is 5.98. The number of β-amino-alcohol motifs (C(OH)–C–C–N with tert-alkyl or cyclic N) is 3. The van der Waals surface area contributed by atoms with Gasteiger partial charge in [0.1, 0.15) is 69.4 Å². The lowest BCUT2D eigenvalue weighted by Gasteiger charge is -2.22. The molecule has 0 amide bonds. The van der Waals surface area contributed by atoms with Gasteiger partial charge in [0.15, 0.2) is 11.6 Å². The number of halogens is 1. The Morgan fingerprint density at radius 1 is 0.313 bits per heavy atom. The predicted octanol–water partition coefficient (Wildman–Crippen LogP) is 15.6. The van der Waals surface area contributed by atoms with Crippen LogP contribution < -0.4 is 23.7 Å². The minimum Gasteiger partial charge on any atom is -0.508 e. The van der Waals surface area contributed by atoms with Crippen LogP contribution in [0, 0.1) is 99.6 Å². The molecule has 5 saturated carbocycles. The number of hydrogen-bond donors (Lipinski definition) is 8. The molecule has 0 spiro atoms. The number of nitrogens with zero attached hydrogens (tertiary/aromatic N) is 9. The molecule has 692 valence electrons. The second kappa shape index (κ2) is 43.0. The molecule has 10 fully saturated rings. The van der Waals surface area contributed by atoms with E-state index in [1.165, 1.54) is 23.9 Å². The molecular weight excluding hydrogens is 1660 g/mol. The Kier molecular flexibility index (Phi) is 30.6. The highest BCUT2D eigenvalue weighted by atomic mass is 19.1. The van der Waals surface area contributed by atoms with Crippen molar-refractivity contribution in [3.05, 3.63) is 275 Å². The average molecular weight is 1790 g/mol. The van der Waals surface area contributed by atoms with Gasteiger partial charge in [0.2, 0.25) is 0 Å². The number of aromatic hydroxyl groups is 5. The maximum Gasteiger partial charge on any atom is 0.176 e. The van der Waals surface area contributed by atoms with E-state index in [4.69, 9.17) is 23.7 Å². The maximum atomic E-state index is 13.5. The van der Waals surface area contributed by atoms with Crippen LogP contribution in [0.5, 0.6) is 57.5 Å². The summed E-state index contributed by atoms with van der Waals surface area (Å²) in [5.74, 6) is 11.2. The molecule has 20 rings (SSSR count). The van der Waals surface area contributed by atoms with Crippen molar-refractivity contribution in [2.45, 2.75) is 148 Å². The summed E-state index contributed by atoms with van der Waals surface area (Å²) in [6.07, 6.45) is 22.2. The first-order chi connectivity index (χ1) is 63.2. The van der Waals surface area contributed by atoms with E-state index in [1.807, 2.05) is 82.7 Å². The zero-order valence-electron chi connectivity index (χ0n) is 75.6. The molecule has 10 aliphatic rings. The molecule has 5 aliphatic heterocycles. The summed E-state index contributed by atoms with van der Waals surface area (Å²) in [4.78, 5) is 53.0. The van der Waals surface area contributed by atoms with Gasteiger partial charge >= 0.3 is 0 Å². The summed E-state index contributed by atoms with van der Waals surface area (Å²) in [5, 5.41) is 78.0. The molecule has 18 atom stereocenters. The fourth-order valence-corrected chi connectivity index (χ4v) is 21.9. The lowest BCUT2D eigenvalue weighted by molar-refractivity contribution is 0.0928. The average Bonchev–Trinajstić information content (AvgIpc) is 1.68. The summed E-state index contributed by atoms with van der Waals surface area (Å²) >= 11 is 0. The van der Waals surface area contributed by atoms with E-state index in [1.54, 1.807) is 128 Å². The molecule has 5 saturated heterocycles. The second-order valence-corrected chi connectivity index (χ2v) is 38.7. The van der Waals surface area contributed by atoms with Gasteiger partial charge in [-0.3, -0.25) is 54.0 Å². The third-order valence-electron chi connectivity index (χ3n) is 28.1. The summed E-state index contributed by atoms with van der Waals surface area (Å²) in [6.45, 7) is 22.6. The highest BCUT2D eigenvalue weighted by Crippen LogP contribution is 2.46. The molecule has 24 nitrogen and oxygen atoms in total. The Bertz CT molecular complexity index is 5180. The van der Waals surface area contributed by atoms with Crippen molar-refractivity contribution < 1.29 is 78.5 Å². The number of phenols is 4. The van der Waals surface area contributed by atoms with E-state index in [-0.39, 0.29) is 70.5 Å². The molecule has 4 aromatic heterocycles. The van der Waals surface area contributed by atoms with E-state index in [0.29, 0.717) is 121 Å². The van der Waals surface area contributed by atoms with Crippen molar-refractivity contribution in [1.82, 2.24) is 44.4 Å². The second-order valence-electron chi connectivity index (χ2n) is 38.7. The number of carbonyl (C=O) groups is 2. The monoisotopic (exact) mass is 1780 g/mol. The van der Waals surface area contributed by atoms with Crippen LogP contribution in [-0.2, 0) is 0 Å². The lowest BCUT2D eigenvalue weighted by Crippen LogP contribution is -2.30. The fraction of sp³-hybridized carbons (Fsp3) is 0.453. The maximum absolute atomic E-state index is 13.5. The quantitative estimate of drug-likeness (QED) is 0.0247. The minimum atomic E-state index is -0.660. The molecule has 131 heavy (non-hydrogen) atoms. The number of aliphatic hydroxyl groups excluding tert-OH is 3. The molecule has 10 aromatic rings. The lowest BCUT2D eigenvalue weighted by atomic mass is 10.0. The number of ketones is 2. The Balaban J connectivity index is 0.000000120. The number of pyridine rings is 4. The molecule has 6 aromatic carbocycles. The number of carbonyl (C=O) groups excluding carboxylic acids is 2. The summed E-state index contributed by atoms with van der Waals surface area (Å²) in [7, 11) is 0. The first kappa shape index (κ1) is 93.1. The van der Waals surface area contributed by atoms with Crippen molar-refractivity contribution in [2.75, 3.05) is 98.2 Å². The number of likely N-dealkylation sites (tertiary alicyclic amines) is 5. The molecule has 8 N–H and O–H groups in total. The number of aromatic nitrogens is 4. The van der Waals surface area contributed by atoms with Gasteiger partial charge in [-0.25, -0.2) is 4.39 Å². The van der Waals surface area contributed by atoms with Crippen molar-refractivity contribution in [1.29, 1.82) is 0 Å². The van der Waals surface area contributed by atoms with E-state index >= 15 is 0 Å². The first-order valence-electron chi connectivity index (χ1n) is 46.7.